The lowest BCUT2D eigenvalue weighted by Gasteiger charge is -2.38. The summed E-state index contributed by atoms with van der Waals surface area (Å²) in [5.74, 6) is 1.56. The SMILES string of the molecule is CC1CCC(N(C)CC2CCCNC2)c2ccccc21. The molecule has 1 aromatic rings. The fraction of sp³-hybridized carbons (Fsp3) is 0.667. The minimum absolute atomic E-state index is 0.629. The van der Waals surface area contributed by atoms with Crippen molar-refractivity contribution in [1.82, 2.24) is 10.2 Å². The molecular formula is C18H28N2. The van der Waals surface area contributed by atoms with Crippen LogP contribution in [0, 0.1) is 5.92 Å². The van der Waals surface area contributed by atoms with E-state index in [1.165, 1.54) is 45.3 Å². The Hall–Kier alpha value is -0.860. The molecule has 20 heavy (non-hydrogen) atoms. The summed E-state index contributed by atoms with van der Waals surface area (Å²) in [6.45, 7) is 6.03. The first-order chi connectivity index (χ1) is 9.75. The second kappa shape index (κ2) is 6.28. The van der Waals surface area contributed by atoms with Crippen LogP contribution < -0.4 is 5.32 Å². The van der Waals surface area contributed by atoms with Crippen LogP contribution in [-0.2, 0) is 0 Å². The van der Waals surface area contributed by atoms with Crippen LogP contribution in [0.5, 0.6) is 0 Å². The van der Waals surface area contributed by atoms with Crippen LogP contribution >= 0.6 is 0 Å². The monoisotopic (exact) mass is 272 g/mol. The van der Waals surface area contributed by atoms with Gasteiger partial charge in [-0.15, -0.1) is 0 Å². The number of fused-ring (bicyclic) bond motifs is 1. The zero-order valence-corrected chi connectivity index (χ0v) is 12.9. The minimum atomic E-state index is 0.629. The summed E-state index contributed by atoms with van der Waals surface area (Å²) in [6.07, 6.45) is 5.38. The molecule has 2 heteroatoms. The van der Waals surface area contributed by atoms with Crippen molar-refractivity contribution in [1.29, 1.82) is 0 Å². The average Bonchev–Trinajstić information content (AvgIpc) is 2.49. The molecular weight excluding hydrogens is 244 g/mol. The van der Waals surface area contributed by atoms with Crippen molar-refractivity contribution in [3.05, 3.63) is 35.4 Å². The van der Waals surface area contributed by atoms with Gasteiger partial charge in [0.1, 0.15) is 0 Å². The third kappa shape index (κ3) is 2.91. The highest BCUT2D eigenvalue weighted by Crippen LogP contribution is 2.39. The Morgan fingerprint density at radius 1 is 1.15 bits per heavy atom. The van der Waals surface area contributed by atoms with Gasteiger partial charge in [-0.05, 0) is 68.8 Å². The molecule has 0 amide bonds. The Kier molecular flexibility index (Phi) is 4.42. The van der Waals surface area contributed by atoms with E-state index >= 15 is 0 Å². The molecule has 0 spiro atoms. The van der Waals surface area contributed by atoms with Crippen LogP contribution in [-0.4, -0.2) is 31.6 Å². The van der Waals surface area contributed by atoms with Gasteiger partial charge in [0.05, 0.1) is 0 Å². The first-order valence-corrected chi connectivity index (χ1v) is 8.25. The Morgan fingerprint density at radius 3 is 2.70 bits per heavy atom. The smallest absolute Gasteiger partial charge is 0.0348 e. The topological polar surface area (TPSA) is 15.3 Å². The number of nitrogens with one attached hydrogen (secondary N) is 1. The van der Waals surface area contributed by atoms with E-state index in [1.54, 1.807) is 11.1 Å². The molecule has 3 unspecified atom stereocenters. The van der Waals surface area contributed by atoms with E-state index in [-0.39, 0.29) is 0 Å². The normalized spacial score (nSPS) is 30.2. The first-order valence-electron chi connectivity index (χ1n) is 8.25. The minimum Gasteiger partial charge on any atom is -0.316 e. The van der Waals surface area contributed by atoms with Crippen LogP contribution in [0.4, 0.5) is 0 Å². The van der Waals surface area contributed by atoms with Gasteiger partial charge in [-0.25, -0.2) is 0 Å². The van der Waals surface area contributed by atoms with Crippen LogP contribution in [0.1, 0.15) is 55.7 Å². The first kappa shape index (κ1) is 14.1. The van der Waals surface area contributed by atoms with Gasteiger partial charge in [0.25, 0.3) is 0 Å². The number of rotatable bonds is 3. The van der Waals surface area contributed by atoms with Crippen LogP contribution in [0.25, 0.3) is 0 Å². The summed E-state index contributed by atoms with van der Waals surface area (Å²) in [5.41, 5.74) is 3.16. The highest BCUT2D eigenvalue weighted by molar-refractivity contribution is 5.34. The maximum Gasteiger partial charge on any atom is 0.0348 e. The second-order valence-electron chi connectivity index (χ2n) is 6.78. The van der Waals surface area contributed by atoms with Crippen molar-refractivity contribution in [3.8, 4) is 0 Å². The molecule has 1 saturated heterocycles. The maximum atomic E-state index is 3.54. The maximum absolute atomic E-state index is 3.54. The van der Waals surface area contributed by atoms with Gasteiger partial charge in [0.15, 0.2) is 0 Å². The lowest BCUT2D eigenvalue weighted by atomic mass is 9.80. The van der Waals surface area contributed by atoms with E-state index < -0.39 is 0 Å². The van der Waals surface area contributed by atoms with Crippen molar-refractivity contribution >= 4 is 0 Å². The van der Waals surface area contributed by atoms with E-state index in [0.29, 0.717) is 6.04 Å². The van der Waals surface area contributed by atoms with Crippen molar-refractivity contribution in [2.24, 2.45) is 5.92 Å². The van der Waals surface area contributed by atoms with Crippen LogP contribution in [0.2, 0.25) is 0 Å². The van der Waals surface area contributed by atoms with Crippen molar-refractivity contribution in [2.45, 2.75) is 44.6 Å². The summed E-state index contributed by atoms with van der Waals surface area (Å²) in [6, 6.07) is 9.72. The van der Waals surface area contributed by atoms with Gasteiger partial charge >= 0.3 is 0 Å². The zero-order valence-electron chi connectivity index (χ0n) is 12.9. The molecule has 1 aliphatic carbocycles. The molecule has 0 saturated carbocycles. The molecule has 3 atom stereocenters. The Balaban J connectivity index is 1.71. The van der Waals surface area contributed by atoms with Crippen LogP contribution in [0.3, 0.4) is 0 Å². The highest BCUT2D eigenvalue weighted by atomic mass is 15.1. The zero-order chi connectivity index (χ0) is 13.9. The molecule has 1 aromatic carbocycles. The van der Waals surface area contributed by atoms with E-state index in [2.05, 4.69) is 48.5 Å². The summed E-state index contributed by atoms with van der Waals surface area (Å²) in [7, 11) is 2.33. The molecule has 3 rings (SSSR count). The lowest BCUT2D eigenvalue weighted by molar-refractivity contribution is 0.171. The van der Waals surface area contributed by atoms with Gasteiger partial charge in [-0.1, -0.05) is 31.2 Å². The van der Waals surface area contributed by atoms with E-state index in [0.717, 1.165) is 11.8 Å². The molecule has 0 radical (unpaired) electrons. The molecule has 2 nitrogen and oxygen atoms in total. The fourth-order valence-electron chi connectivity index (χ4n) is 4.05. The van der Waals surface area contributed by atoms with E-state index in [1.807, 2.05) is 0 Å². The third-order valence-electron chi connectivity index (χ3n) is 5.24. The molecule has 110 valence electrons. The molecule has 2 aliphatic rings. The van der Waals surface area contributed by atoms with Gasteiger partial charge in [0, 0.05) is 12.6 Å². The van der Waals surface area contributed by atoms with Crippen molar-refractivity contribution in [3.63, 3.8) is 0 Å². The number of hydrogen-bond donors (Lipinski definition) is 1. The molecule has 1 N–H and O–H groups in total. The molecule has 0 aromatic heterocycles. The number of hydrogen-bond acceptors (Lipinski definition) is 2. The molecule has 1 heterocycles. The Labute approximate surface area is 123 Å². The molecule has 1 aliphatic heterocycles. The number of benzene rings is 1. The van der Waals surface area contributed by atoms with Crippen molar-refractivity contribution < 1.29 is 0 Å². The highest BCUT2D eigenvalue weighted by Gasteiger charge is 2.28. The number of nitrogens with zero attached hydrogens (tertiary/aromatic N) is 1. The van der Waals surface area contributed by atoms with Gasteiger partial charge in [-0.3, -0.25) is 4.90 Å². The largest absolute Gasteiger partial charge is 0.316 e. The molecule has 0 bridgehead atoms. The fourth-order valence-corrected chi connectivity index (χ4v) is 4.05. The summed E-state index contributed by atoms with van der Waals surface area (Å²) < 4.78 is 0. The second-order valence-corrected chi connectivity index (χ2v) is 6.78. The summed E-state index contributed by atoms with van der Waals surface area (Å²) in [4.78, 5) is 2.61. The number of piperidine rings is 1. The summed E-state index contributed by atoms with van der Waals surface area (Å²) in [5, 5.41) is 3.54. The molecule has 1 fully saturated rings. The van der Waals surface area contributed by atoms with E-state index in [4.69, 9.17) is 0 Å². The van der Waals surface area contributed by atoms with Crippen LogP contribution in [0.15, 0.2) is 24.3 Å². The van der Waals surface area contributed by atoms with E-state index in [9.17, 15) is 0 Å². The average molecular weight is 272 g/mol. The predicted octanol–water partition coefficient (Wildman–Crippen LogP) is 3.56. The predicted molar refractivity (Wildman–Crippen MR) is 85.1 cm³/mol. The standard InChI is InChI=1S/C18H28N2/c1-14-9-10-18(17-8-4-3-7-16(14)17)20(2)13-15-6-5-11-19-12-15/h3-4,7-8,14-15,18-19H,5-6,9-13H2,1-2H3. The Bertz CT molecular complexity index is 437. The lowest BCUT2D eigenvalue weighted by Crippen LogP contribution is -2.39. The summed E-state index contributed by atoms with van der Waals surface area (Å²) >= 11 is 0. The van der Waals surface area contributed by atoms with Crippen molar-refractivity contribution in [2.75, 3.05) is 26.7 Å². The van der Waals surface area contributed by atoms with Gasteiger partial charge in [0.2, 0.25) is 0 Å². The quantitative estimate of drug-likeness (QED) is 0.905. The third-order valence-corrected chi connectivity index (χ3v) is 5.24. The Morgan fingerprint density at radius 2 is 1.95 bits per heavy atom. The van der Waals surface area contributed by atoms with Gasteiger partial charge < -0.3 is 5.32 Å². The van der Waals surface area contributed by atoms with Gasteiger partial charge in [-0.2, -0.15) is 0 Å².